The second-order valence-electron chi connectivity index (χ2n) is 7.18. The zero-order valence-corrected chi connectivity index (χ0v) is 18.7. The van der Waals surface area contributed by atoms with Gasteiger partial charge >= 0.3 is 0 Å². The molecule has 2 aromatic carbocycles. The Bertz CT molecular complexity index is 943. The lowest BCUT2D eigenvalue weighted by molar-refractivity contribution is -0.126. The number of methoxy groups -OCH3 is 1. The number of hydrogen-bond donors (Lipinski definition) is 0. The molecule has 0 aromatic heterocycles. The maximum atomic E-state index is 12.8. The minimum absolute atomic E-state index is 0.123. The maximum Gasteiger partial charge on any atom is 0.264 e. The Morgan fingerprint density at radius 3 is 2.47 bits per heavy atom. The lowest BCUT2D eigenvalue weighted by atomic mass is 10.1. The van der Waals surface area contributed by atoms with Crippen LogP contribution in [0.15, 0.2) is 52.5 Å². The van der Waals surface area contributed by atoms with E-state index in [1.54, 1.807) is 30.2 Å². The Hall–Kier alpha value is -2.78. The highest BCUT2D eigenvalue weighted by atomic mass is 79.9. The average Bonchev–Trinajstić information content (AvgIpc) is 3.07. The lowest BCUT2D eigenvalue weighted by Gasteiger charge is -2.19. The molecule has 156 valence electrons. The van der Waals surface area contributed by atoms with Gasteiger partial charge in [0.2, 0.25) is 0 Å². The molecule has 0 radical (unpaired) electrons. The highest BCUT2D eigenvalue weighted by Gasteiger charge is 2.20. The topological polar surface area (TPSA) is 62.6 Å². The minimum atomic E-state index is -0.213. The van der Waals surface area contributed by atoms with Crippen LogP contribution < -0.4 is 9.47 Å². The Labute approximate surface area is 186 Å². The molecule has 0 spiro atoms. The number of amides is 1. The third-order valence-corrected chi connectivity index (χ3v) is 5.75. The number of carbonyl (C=O) groups excluding carboxylic acids is 1. The molecule has 30 heavy (non-hydrogen) atoms. The van der Waals surface area contributed by atoms with Crippen molar-refractivity contribution in [2.75, 3.05) is 20.2 Å². The molecule has 5 nitrogen and oxygen atoms in total. The van der Waals surface area contributed by atoms with Gasteiger partial charge in [0.1, 0.15) is 18.2 Å². The number of rotatable bonds is 6. The largest absolute Gasteiger partial charge is 0.493 e. The Morgan fingerprint density at radius 2 is 1.83 bits per heavy atom. The van der Waals surface area contributed by atoms with E-state index >= 15 is 0 Å². The van der Waals surface area contributed by atoms with Gasteiger partial charge in [-0.2, -0.15) is 5.26 Å². The number of benzene rings is 2. The molecule has 1 aliphatic heterocycles. The fraction of sp³-hybridized carbons (Fsp3) is 0.333. The van der Waals surface area contributed by atoms with E-state index in [1.807, 2.05) is 30.3 Å². The van der Waals surface area contributed by atoms with Crippen LogP contribution in [0.25, 0.3) is 6.08 Å². The Balaban J connectivity index is 1.82. The highest BCUT2D eigenvalue weighted by Crippen LogP contribution is 2.35. The summed E-state index contributed by atoms with van der Waals surface area (Å²) in [5.41, 5.74) is 1.87. The Morgan fingerprint density at radius 1 is 1.13 bits per heavy atom. The molecule has 0 aliphatic carbocycles. The molecule has 3 rings (SSSR count). The predicted octanol–water partition coefficient (Wildman–Crippen LogP) is 5.35. The standard InChI is InChI=1S/C24H25BrN2O3/c1-29-22-14-19(13-20(16-26)24(28)27-11-7-2-3-8-12-27)21(25)15-23(22)30-17-18-9-5-4-6-10-18/h4-6,9-10,13-15H,2-3,7-8,11-12,17H2,1H3/b20-13+. The van der Waals surface area contributed by atoms with Crippen LogP contribution in [0.5, 0.6) is 11.5 Å². The molecule has 1 saturated heterocycles. The van der Waals surface area contributed by atoms with Gasteiger partial charge in [-0.25, -0.2) is 0 Å². The maximum absolute atomic E-state index is 12.8. The molecular formula is C24H25BrN2O3. The Kier molecular flexibility index (Phi) is 7.92. The van der Waals surface area contributed by atoms with Gasteiger partial charge in [-0.1, -0.05) is 59.1 Å². The molecule has 1 aliphatic rings. The molecule has 0 saturated carbocycles. The molecule has 0 bridgehead atoms. The van der Waals surface area contributed by atoms with Crippen molar-refractivity contribution in [2.24, 2.45) is 0 Å². The summed E-state index contributed by atoms with van der Waals surface area (Å²) in [4.78, 5) is 14.6. The summed E-state index contributed by atoms with van der Waals surface area (Å²) in [5, 5.41) is 9.60. The van der Waals surface area contributed by atoms with Gasteiger partial charge in [-0.3, -0.25) is 4.79 Å². The van der Waals surface area contributed by atoms with Gasteiger partial charge in [0.25, 0.3) is 5.91 Å². The van der Waals surface area contributed by atoms with E-state index in [0.717, 1.165) is 35.7 Å². The van der Waals surface area contributed by atoms with Gasteiger partial charge in [0.15, 0.2) is 11.5 Å². The molecule has 6 heteroatoms. The minimum Gasteiger partial charge on any atom is -0.493 e. The first kappa shape index (κ1) is 21.9. The summed E-state index contributed by atoms with van der Waals surface area (Å²) in [7, 11) is 1.57. The summed E-state index contributed by atoms with van der Waals surface area (Å²) >= 11 is 3.54. The number of halogens is 1. The summed E-state index contributed by atoms with van der Waals surface area (Å²) in [6, 6.07) is 15.5. The quantitative estimate of drug-likeness (QED) is 0.423. The van der Waals surface area contributed by atoms with Gasteiger partial charge in [-0.05, 0) is 42.2 Å². The first-order chi connectivity index (χ1) is 14.6. The number of nitriles is 1. The van der Waals surface area contributed by atoms with Crippen molar-refractivity contribution in [2.45, 2.75) is 32.3 Å². The molecule has 0 unspecified atom stereocenters. The number of hydrogen-bond acceptors (Lipinski definition) is 4. The van der Waals surface area contributed by atoms with Crippen LogP contribution in [0.3, 0.4) is 0 Å². The van der Waals surface area contributed by atoms with Crippen LogP contribution in [0.1, 0.15) is 36.8 Å². The molecular weight excluding hydrogens is 444 g/mol. The molecule has 1 amide bonds. The lowest BCUT2D eigenvalue weighted by Crippen LogP contribution is -2.32. The van der Waals surface area contributed by atoms with Crippen LogP contribution >= 0.6 is 15.9 Å². The molecule has 2 aromatic rings. The summed E-state index contributed by atoms with van der Waals surface area (Å²) in [6.45, 7) is 1.82. The second kappa shape index (κ2) is 10.8. The summed E-state index contributed by atoms with van der Waals surface area (Å²) < 4.78 is 12.1. The van der Waals surface area contributed by atoms with Crippen molar-refractivity contribution in [3.05, 3.63) is 63.6 Å². The van der Waals surface area contributed by atoms with E-state index in [1.165, 1.54) is 0 Å². The number of nitrogens with zero attached hydrogens (tertiary/aromatic N) is 2. The van der Waals surface area contributed by atoms with Crippen molar-refractivity contribution < 1.29 is 14.3 Å². The monoisotopic (exact) mass is 468 g/mol. The summed E-state index contributed by atoms with van der Waals surface area (Å²) in [5.74, 6) is 0.914. The number of likely N-dealkylation sites (tertiary alicyclic amines) is 1. The molecule has 0 N–H and O–H groups in total. The number of carbonyl (C=O) groups is 1. The fourth-order valence-electron chi connectivity index (χ4n) is 3.41. The van der Waals surface area contributed by atoms with E-state index in [0.29, 0.717) is 36.8 Å². The molecule has 1 fully saturated rings. The first-order valence-corrected chi connectivity index (χ1v) is 10.9. The van der Waals surface area contributed by atoms with Crippen molar-refractivity contribution in [3.8, 4) is 17.6 Å². The third kappa shape index (κ3) is 5.64. The zero-order chi connectivity index (χ0) is 21.3. The van der Waals surface area contributed by atoms with Gasteiger partial charge in [0, 0.05) is 17.6 Å². The predicted molar refractivity (Wildman–Crippen MR) is 120 cm³/mol. The third-order valence-electron chi connectivity index (χ3n) is 5.06. The SMILES string of the molecule is COc1cc(/C=C(\C#N)C(=O)N2CCCCCC2)c(Br)cc1OCc1ccccc1. The average molecular weight is 469 g/mol. The van der Waals surface area contributed by atoms with Crippen LogP contribution in [-0.2, 0) is 11.4 Å². The van der Waals surface area contributed by atoms with Crippen LogP contribution in [0.2, 0.25) is 0 Å². The van der Waals surface area contributed by atoms with Crippen LogP contribution in [0.4, 0.5) is 0 Å². The fourth-order valence-corrected chi connectivity index (χ4v) is 3.85. The highest BCUT2D eigenvalue weighted by molar-refractivity contribution is 9.10. The van der Waals surface area contributed by atoms with Crippen LogP contribution in [0, 0.1) is 11.3 Å². The van der Waals surface area contributed by atoms with E-state index in [-0.39, 0.29) is 11.5 Å². The van der Waals surface area contributed by atoms with Crippen molar-refractivity contribution >= 4 is 27.9 Å². The smallest absolute Gasteiger partial charge is 0.264 e. The second-order valence-corrected chi connectivity index (χ2v) is 8.03. The zero-order valence-electron chi connectivity index (χ0n) is 17.1. The summed E-state index contributed by atoms with van der Waals surface area (Å²) in [6.07, 6.45) is 5.83. The van der Waals surface area contributed by atoms with E-state index in [9.17, 15) is 10.1 Å². The number of ether oxygens (including phenoxy) is 2. The molecule has 0 atom stereocenters. The van der Waals surface area contributed by atoms with E-state index in [2.05, 4.69) is 22.0 Å². The van der Waals surface area contributed by atoms with Crippen LogP contribution in [-0.4, -0.2) is 31.0 Å². The van der Waals surface area contributed by atoms with Crippen molar-refractivity contribution in [1.29, 1.82) is 5.26 Å². The van der Waals surface area contributed by atoms with E-state index in [4.69, 9.17) is 9.47 Å². The van der Waals surface area contributed by atoms with Crippen molar-refractivity contribution in [3.63, 3.8) is 0 Å². The van der Waals surface area contributed by atoms with Crippen molar-refractivity contribution in [1.82, 2.24) is 4.90 Å². The molecule has 1 heterocycles. The first-order valence-electron chi connectivity index (χ1n) is 10.1. The van der Waals surface area contributed by atoms with Gasteiger partial charge < -0.3 is 14.4 Å². The van der Waals surface area contributed by atoms with Gasteiger partial charge in [-0.15, -0.1) is 0 Å². The normalized spacial score (nSPS) is 14.6. The van der Waals surface area contributed by atoms with E-state index < -0.39 is 0 Å². The van der Waals surface area contributed by atoms with Gasteiger partial charge in [0.05, 0.1) is 7.11 Å².